The first-order valence-corrected chi connectivity index (χ1v) is 7.83. The number of sulfonamides is 1. The summed E-state index contributed by atoms with van der Waals surface area (Å²) in [6.07, 6.45) is 6.68. The van der Waals surface area contributed by atoms with Crippen molar-refractivity contribution in [3.05, 3.63) is 0 Å². The van der Waals surface area contributed by atoms with Crippen LogP contribution in [0.3, 0.4) is 0 Å². The van der Waals surface area contributed by atoms with E-state index in [1.165, 1.54) is 25.7 Å². The van der Waals surface area contributed by atoms with Crippen molar-refractivity contribution in [2.75, 3.05) is 13.1 Å². The summed E-state index contributed by atoms with van der Waals surface area (Å²) in [5, 5.41) is -0.434. The van der Waals surface area contributed by atoms with E-state index in [2.05, 4.69) is 4.72 Å². The molecular weight excluding hydrogens is 224 g/mol. The zero-order chi connectivity index (χ0) is 12.0. The fourth-order valence-electron chi connectivity index (χ4n) is 2.33. The number of hydrogen-bond acceptors (Lipinski definition) is 3. The molecule has 1 fully saturated rings. The first kappa shape index (κ1) is 13.9. The Morgan fingerprint density at radius 2 is 2.00 bits per heavy atom. The summed E-state index contributed by atoms with van der Waals surface area (Å²) in [7, 11) is -3.19. The molecule has 16 heavy (non-hydrogen) atoms. The molecule has 1 rings (SSSR count). The van der Waals surface area contributed by atoms with E-state index in [1.54, 1.807) is 0 Å². The fourth-order valence-corrected chi connectivity index (χ4v) is 3.67. The average molecular weight is 248 g/mol. The van der Waals surface area contributed by atoms with Crippen molar-refractivity contribution in [2.45, 2.75) is 50.7 Å². The smallest absolute Gasteiger partial charge is 0.215 e. The summed E-state index contributed by atoms with van der Waals surface area (Å²) in [6, 6.07) is 0. The van der Waals surface area contributed by atoms with Crippen molar-refractivity contribution < 1.29 is 8.42 Å². The van der Waals surface area contributed by atoms with Crippen molar-refractivity contribution in [3.63, 3.8) is 0 Å². The second-order valence-electron chi connectivity index (χ2n) is 4.64. The topological polar surface area (TPSA) is 72.2 Å². The SMILES string of the molecule is CCC(CN)S(=O)(=O)NCCC1CCCC1. The van der Waals surface area contributed by atoms with Gasteiger partial charge in [0.25, 0.3) is 0 Å². The van der Waals surface area contributed by atoms with Gasteiger partial charge in [-0.3, -0.25) is 0 Å². The van der Waals surface area contributed by atoms with Crippen LogP contribution in [0, 0.1) is 5.92 Å². The number of nitrogens with one attached hydrogen (secondary N) is 1. The zero-order valence-corrected chi connectivity index (χ0v) is 10.9. The van der Waals surface area contributed by atoms with Crippen LogP contribution in [0.1, 0.15) is 45.4 Å². The van der Waals surface area contributed by atoms with Gasteiger partial charge in [-0.25, -0.2) is 13.1 Å². The van der Waals surface area contributed by atoms with Crippen molar-refractivity contribution >= 4 is 10.0 Å². The van der Waals surface area contributed by atoms with Crippen LogP contribution in [0.25, 0.3) is 0 Å². The average Bonchev–Trinajstić information content (AvgIpc) is 2.71. The summed E-state index contributed by atoms with van der Waals surface area (Å²) >= 11 is 0. The lowest BCUT2D eigenvalue weighted by Crippen LogP contribution is -2.39. The predicted molar refractivity (Wildman–Crippen MR) is 66.6 cm³/mol. The highest BCUT2D eigenvalue weighted by Crippen LogP contribution is 2.26. The van der Waals surface area contributed by atoms with E-state index < -0.39 is 15.3 Å². The standard InChI is InChI=1S/C11H24N2O2S/c1-2-11(9-12)16(14,15)13-8-7-10-5-3-4-6-10/h10-11,13H,2-9,12H2,1H3. The van der Waals surface area contributed by atoms with Crippen LogP contribution in [0.5, 0.6) is 0 Å². The normalized spacial score (nSPS) is 20.1. The van der Waals surface area contributed by atoms with Crippen molar-refractivity contribution in [3.8, 4) is 0 Å². The zero-order valence-electron chi connectivity index (χ0n) is 10.1. The van der Waals surface area contributed by atoms with E-state index in [0.717, 1.165) is 12.3 Å². The van der Waals surface area contributed by atoms with Crippen LogP contribution in [0.15, 0.2) is 0 Å². The van der Waals surface area contributed by atoms with Gasteiger partial charge in [0.2, 0.25) is 10.0 Å². The molecule has 1 aliphatic rings. The van der Waals surface area contributed by atoms with Crippen molar-refractivity contribution in [1.82, 2.24) is 4.72 Å². The van der Waals surface area contributed by atoms with Crippen LogP contribution in [-0.2, 0) is 10.0 Å². The van der Waals surface area contributed by atoms with E-state index in [9.17, 15) is 8.42 Å². The third kappa shape index (κ3) is 4.03. The van der Waals surface area contributed by atoms with E-state index in [0.29, 0.717) is 13.0 Å². The van der Waals surface area contributed by atoms with Crippen LogP contribution in [-0.4, -0.2) is 26.8 Å². The second kappa shape index (κ2) is 6.57. The minimum Gasteiger partial charge on any atom is -0.329 e. The summed E-state index contributed by atoms with van der Waals surface area (Å²) in [4.78, 5) is 0. The van der Waals surface area contributed by atoms with Gasteiger partial charge in [-0.2, -0.15) is 0 Å². The lowest BCUT2D eigenvalue weighted by molar-refractivity contribution is 0.492. The number of rotatable bonds is 7. The van der Waals surface area contributed by atoms with Gasteiger partial charge < -0.3 is 5.73 Å². The fraction of sp³-hybridized carbons (Fsp3) is 1.00. The molecule has 1 atom stereocenters. The molecule has 0 aliphatic heterocycles. The highest BCUT2D eigenvalue weighted by molar-refractivity contribution is 7.90. The third-order valence-electron chi connectivity index (χ3n) is 3.49. The molecular formula is C11H24N2O2S. The van der Waals surface area contributed by atoms with Gasteiger partial charge in [0.1, 0.15) is 0 Å². The van der Waals surface area contributed by atoms with Gasteiger partial charge in [-0.1, -0.05) is 32.6 Å². The van der Waals surface area contributed by atoms with E-state index >= 15 is 0 Å². The van der Waals surface area contributed by atoms with Gasteiger partial charge in [-0.05, 0) is 18.8 Å². The Balaban J connectivity index is 2.29. The van der Waals surface area contributed by atoms with Gasteiger partial charge >= 0.3 is 0 Å². The Kier molecular flexibility index (Phi) is 5.72. The minimum absolute atomic E-state index is 0.204. The second-order valence-corrected chi connectivity index (χ2v) is 6.69. The number of hydrogen-bond donors (Lipinski definition) is 2. The maximum atomic E-state index is 11.8. The molecule has 0 aromatic heterocycles. The predicted octanol–water partition coefficient (Wildman–Crippen LogP) is 1.22. The first-order chi connectivity index (χ1) is 7.60. The molecule has 1 unspecified atom stereocenters. The Hall–Kier alpha value is -0.130. The largest absolute Gasteiger partial charge is 0.329 e. The Bertz CT molecular complexity index is 280. The Morgan fingerprint density at radius 1 is 1.38 bits per heavy atom. The molecule has 0 spiro atoms. The molecule has 4 nitrogen and oxygen atoms in total. The van der Waals surface area contributed by atoms with E-state index in [-0.39, 0.29) is 6.54 Å². The molecule has 0 radical (unpaired) electrons. The summed E-state index contributed by atoms with van der Waals surface area (Å²) in [5.41, 5.74) is 5.44. The first-order valence-electron chi connectivity index (χ1n) is 6.28. The van der Waals surface area contributed by atoms with Gasteiger partial charge in [-0.15, -0.1) is 0 Å². The summed E-state index contributed by atoms with van der Waals surface area (Å²) in [5.74, 6) is 0.723. The van der Waals surface area contributed by atoms with Crippen molar-refractivity contribution in [1.29, 1.82) is 0 Å². The summed E-state index contributed by atoms with van der Waals surface area (Å²) in [6.45, 7) is 2.63. The molecule has 96 valence electrons. The molecule has 0 bridgehead atoms. The summed E-state index contributed by atoms with van der Waals surface area (Å²) < 4.78 is 26.2. The Morgan fingerprint density at radius 3 is 2.50 bits per heavy atom. The molecule has 5 heteroatoms. The Labute approximate surface area is 99.0 Å². The third-order valence-corrected chi connectivity index (χ3v) is 5.50. The van der Waals surface area contributed by atoms with Gasteiger partial charge in [0, 0.05) is 13.1 Å². The maximum Gasteiger partial charge on any atom is 0.215 e. The minimum atomic E-state index is -3.19. The lowest BCUT2D eigenvalue weighted by Gasteiger charge is -2.15. The van der Waals surface area contributed by atoms with Crippen LogP contribution >= 0.6 is 0 Å². The van der Waals surface area contributed by atoms with Crippen LogP contribution < -0.4 is 10.5 Å². The van der Waals surface area contributed by atoms with Gasteiger partial charge in [0.15, 0.2) is 0 Å². The van der Waals surface area contributed by atoms with Crippen molar-refractivity contribution in [2.24, 2.45) is 11.7 Å². The molecule has 0 aromatic carbocycles. The van der Waals surface area contributed by atoms with Crippen LogP contribution in [0.2, 0.25) is 0 Å². The lowest BCUT2D eigenvalue weighted by atomic mass is 10.1. The molecule has 1 saturated carbocycles. The molecule has 1 aliphatic carbocycles. The quantitative estimate of drug-likeness (QED) is 0.711. The molecule has 3 N–H and O–H groups in total. The molecule has 0 amide bonds. The highest BCUT2D eigenvalue weighted by atomic mass is 32.2. The molecule has 0 heterocycles. The molecule has 0 saturated heterocycles. The highest BCUT2D eigenvalue weighted by Gasteiger charge is 2.22. The van der Waals surface area contributed by atoms with E-state index in [1.807, 2.05) is 6.92 Å². The van der Waals surface area contributed by atoms with E-state index in [4.69, 9.17) is 5.73 Å². The molecule has 0 aromatic rings. The van der Waals surface area contributed by atoms with Gasteiger partial charge in [0.05, 0.1) is 5.25 Å². The number of nitrogens with two attached hydrogens (primary N) is 1. The van der Waals surface area contributed by atoms with Crippen LogP contribution in [0.4, 0.5) is 0 Å². The monoisotopic (exact) mass is 248 g/mol. The maximum absolute atomic E-state index is 11.8.